The third-order valence-corrected chi connectivity index (χ3v) is 4.49. The molecule has 1 aromatic heterocycles. The van der Waals surface area contributed by atoms with Gasteiger partial charge in [-0.15, -0.1) is 0 Å². The largest absolute Gasteiger partial charge is 0.465 e. The maximum absolute atomic E-state index is 5.64. The van der Waals surface area contributed by atoms with Crippen molar-refractivity contribution in [1.82, 2.24) is 5.32 Å². The van der Waals surface area contributed by atoms with Gasteiger partial charge in [0.1, 0.15) is 11.5 Å². The second-order valence-electron chi connectivity index (χ2n) is 4.70. The van der Waals surface area contributed by atoms with E-state index in [0.29, 0.717) is 12.1 Å². The van der Waals surface area contributed by atoms with Gasteiger partial charge in [0.2, 0.25) is 0 Å². The molecule has 0 spiro atoms. The van der Waals surface area contributed by atoms with Gasteiger partial charge in [0.25, 0.3) is 0 Å². The van der Waals surface area contributed by atoms with Crippen molar-refractivity contribution < 1.29 is 4.42 Å². The van der Waals surface area contributed by atoms with E-state index < -0.39 is 0 Å². The Morgan fingerprint density at radius 3 is 2.81 bits per heavy atom. The molecule has 2 nitrogen and oxygen atoms in total. The summed E-state index contributed by atoms with van der Waals surface area (Å²) in [4.78, 5) is 0. The molecule has 90 valence electrons. The van der Waals surface area contributed by atoms with E-state index in [1.165, 1.54) is 19.3 Å². The van der Waals surface area contributed by atoms with Gasteiger partial charge < -0.3 is 9.73 Å². The van der Waals surface area contributed by atoms with Crippen LogP contribution in [-0.4, -0.2) is 17.5 Å². The number of hydrogen-bond acceptors (Lipinski definition) is 3. The average molecular weight is 239 g/mol. The molecule has 0 aromatic carbocycles. The topological polar surface area (TPSA) is 25.2 Å². The van der Waals surface area contributed by atoms with Crippen molar-refractivity contribution in [3.8, 4) is 0 Å². The van der Waals surface area contributed by atoms with Crippen LogP contribution in [0.1, 0.15) is 43.7 Å². The number of aryl methyl sites for hydroxylation is 1. The summed E-state index contributed by atoms with van der Waals surface area (Å²) in [6.07, 6.45) is 6.16. The number of furan rings is 1. The summed E-state index contributed by atoms with van der Waals surface area (Å²) in [7, 11) is 0. The minimum atomic E-state index is 0.333. The molecule has 1 heterocycles. The number of thioether (sulfide) groups is 1. The van der Waals surface area contributed by atoms with E-state index in [-0.39, 0.29) is 0 Å². The summed E-state index contributed by atoms with van der Waals surface area (Å²) in [5.41, 5.74) is 0. The molecule has 1 fully saturated rings. The van der Waals surface area contributed by atoms with Crippen molar-refractivity contribution in [3.05, 3.63) is 23.7 Å². The van der Waals surface area contributed by atoms with Crippen LogP contribution in [0, 0.1) is 6.92 Å². The lowest BCUT2D eigenvalue weighted by Gasteiger charge is -2.17. The molecular formula is C13H21NOS. The minimum absolute atomic E-state index is 0.333. The number of nitrogens with one attached hydrogen (secondary N) is 1. The molecule has 1 aliphatic rings. The molecule has 0 bridgehead atoms. The first kappa shape index (κ1) is 12.1. The Kier molecular flexibility index (Phi) is 3.98. The van der Waals surface area contributed by atoms with Gasteiger partial charge in [-0.3, -0.25) is 0 Å². The van der Waals surface area contributed by atoms with E-state index in [1.54, 1.807) is 0 Å². The van der Waals surface area contributed by atoms with Crippen molar-refractivity contribution in [2.75, 3.05) is 6.26 Å². The van der Waals surface area contributed by atoms with Gasteiger partial charge in [-0.25, -0.2) is 0 Å². The summed E-state index contributed by atoms with van der Waals surface area (Å²) in [6, 6.07) is 5.11. The maximum atomic E-state index is 5.64. The minimum Gasteiger partial charge on any atom is -0.465 e. The van der Waals surface area contributed by atoms with Crippen LogP contribution >= 0.6 is 11.8 Å². The van der Waals surface area contributed by atoms with Gasteiger partial charge in [-0.2, -0.15) is 11.8 Å². The first-order valence-electron chi connectivity index (χ1n) is 6.04. The summed E-state index contributed by atoms with van der Waals surface area (Å²) >= 11 is 2.00. The molecule has 16 heavy (non-hydrogen) atoms. The summed E-state index contributed by atoms with van der Waals surface area (Å²) < 4.78 is 5.64. The van der Waals surface area contributed by atoms with Crippen LogP contribution in [-0.2, 0) is 0 Å². The highest BCUT2D eigenvalue weighted by atomic mass is 32.2. The Bertz CT molecular complexity index is 336. The predicted molar refractivity (Wildman–Crippen MR) is 69.9 cm³/mol. The Morgan fingerprint density at radius 2 is 2.25 bits per heavy atom. The maximum Gasteiger partial charge on any atom is 0.120 e. The van der Waals surface area contributed by atoms with Crippen molar-refractivity contribution in [1.29, 1.82) is 0 Å². The van der Waals surface area contributed by atoms with E-state index in [9.17, 15) is 0 Å². The molecule has 2 rings (SSSR count). The van der Waals surface area contributed by atoms with Crippen molar-refractivity contribution >= 4 is 11.8 Å². The molecule has 0 aliphatic heterocycles. The van der Waals surface area contributed by atoms with Crippen molar-refractivity contribution in [2.45, 2.75) is 50.4 Å². The quantitative estimate of drug-likeness (QED) is 0.870. The molecule has 0 radical (unpaired) electrons. The summed E-state index contributed by atoms with van der Waals surface area (Å²) in [5.74, 6) is 2.06. The Labute approximate surface area is 102 Å². The second-order valence-corrected chi connectivity index (χ2v) is 5.84. The molecule has 1 aromatic rings. The van der Waals surface area contributed by atoms with Crippen LogP contribution in [0.3, 0.4) is 0 Å². The standard InChI is InChI=1S/C13H21NOS/c1-9-4-7-13(15-9)10(2)14-11-5-6-12(8-11)16-3/h4,7,10-12,14H,5-6,8H2,1-3H3/t10-,11+,12+/m0/s1. The molecular weight excluding hydrogens is 218 g/mol. The molecule has 1 aliphatic carbocycles. The lowest BCUT2D eigenvalue weighted by molar-refractivity contribution is 0.381. The van der Waals surface area contributed by atoms with E-state index in [1.807, 2.05) is 24.8 Å². The SMILES string of the molecule is CS[C@@H]1CC[C@@H](N[C@@H](C)c2ccc(C)o2)C1. The zero-order chi connectivity index (χ0) is 11.5. The van der Waals surface area contributed by atoms with Crippen molar-refractivity contribution in [3.63, 3.8) is 0 Å². The van der Waals surface area contributed by atoms with E-state index in [2.05, 4.69) is 24.6 Å². The van der Waals surface area contributed by atoms with Gasteiger partial charge in [-0.1, -0.05) is 0 Å². The van der Waals surface area contributed by atoms with Gasteiger partial charge in [0.05, 0.1) is 6.04 Å². The van der Waals surface area contributed by atoms with Crippen LogP contribution in [0.15, 0.2) is 16.5 Å². The van der Waals surface area contributed by atoms with Crippen LogP contribution < -0.4 is 5.32 Å². The summed E-state index contributed by atoms with van der Waals surface area (Å²) in [5, 5.41) is 4.52. The van der Waals surface area contributed by atoms with E-state index in [4.69, 9.17) is 4.42 Å². The zero-order valence-electron chi connectivity index (χ0n) is 10.3. The fraction of sp³-hybridized carbons (Fsp3) is 0.692. The third-order valence-electron chi connectivity index (χ3n) is 3.39. The Balaban J connectivity index is 1.86. The number of hydrogen-bond donors (Lipinski definition) is 1. The third kappa shape index (κ3) is 2.83. The molecule has 0 saturated heterocycles. The molecule has 1 saturated carbocycles. The number of rotatable bonds is 4. The molecule has 0 amide bonds. The lowest BCUT2D eigenvalue weighted by Crippen LogP contribution is -2.29. The first-order chi connectivity index (χ1) is 7.69. The molecule has 3 heteroatoms. The zero-order valence-corrected chi connectivity index (χ0v) is 11.1. The van der Waals surface area contributed by atoms with Crippen LogP contribution in [0.25, 0.3) is 0 Å². The van der Waals surface area contributed by atoms with Crippen LogP contribution in [0.2, 0.25) is 0 Å². The Morgan fingerprint density at radius 1 is 1.44 bits per heavy atom. The molecule has 1 N–H and O–H groups in total. The van der Waals surface area contributed by atoms with Gasteiger partial charge in [0, 0.05) is 11.3 Å². The normalized spacial score (nSPS) is 27.2. The monoisotopic (exact) mass is 239 g/mol. The van der Waals surface area contributed by atoms with Gasteiger partial charge >= 0.3 is 0 Å². The van der Waals surface area contributed by atoms with Crippen LogP contribution in [0.5, 0.6) is 0 Å². The highest BCUT2D eigenvalue weighted by Gasteiger charge is 2.25. The smallest absolute Gasteiger partial charge is 0.120 e. The predicted octanol–water partition coefficient (Wildman–Crippen LogP) is 3.52. The van der Waals surface area contributed by atoms with E-state index >= 15 is 0 Å². The highest BCUT2D eigenvalue weighted by molar-refractivity contribution is 7.99. The van der Waals surface area contributed by atoms with Gasteiger partial charge in [-0.05, 0) is 51.5 Å². The second kappa shape index (κ2) is 5.28. The average Bonchev–Trinajstić information content (AvgIpc) is 2.87. The van der Waals surface area contributed by atoms with Crippen LogP contribution in [0.4, 0.5) is 0 Å². The van der Waals surface area contributed by atoms with Crippen molar-refractivity contribution in [2.24, 2.45) is 0 Å². The summed E-state index contributed by atoms with van der Waals surface area (Å²) in [6.45, 7) is 4.18. The lowest BCUT2D eigenvalue weighted by atomic mass is 10.2. The highest BCUT2D eigenvalue weighted by Crippen LogP contribution is 2.29. The Hall–Kier alpha value is -0.410. The fourth-order valence-electron chi connectivity index (χ4n) is 2.43. The fourth-order valence-corrected chi connectivity index (χ4v) is 3.22. The molecule has 0 unspecified atom stereocenters. The van der Waals surface area contributed by atoms with Gasteiger partial charge in [0.15, 0.2) is 0 Å². The first-order valence-corrected chi connectivity index (χ1v) is 7.33. The van der Waals surface area contributed by atoms with E-state index in [0.717, 1.165) is 16.8 Å². The molecule has 3 atom stereocenters.